The zero-order valence-electron chi connectivity index (χ0n) is 19.1. The normalized spacial score (nSPS) is 23.6. The Kier molecular flexibility index (Phi) is 5.75. The van der Waals surface area contributed by atoms with E-state index in [2.05, 4.69) is 11.0 Å². The van der Waals surface area contributed by atoms with Gasteiger partial charge in [-0.2, -0.15) is 5.26 Å². The number of fused-ring (bicyclic) bond motifs is 2. The van der Waals surface area contributed by atoms with Crippen LogP contribution in [0.25, 0.3) is 0 Å². The van der Waals surface area contributed by atoms with Crippen LogP contribution in [0.15, 0.2) is 60.7 Å². The third kappa shape index (κ3) is 4.02. The molecule has 3 heterocycles. The number of imide groups is 1. The molecule has 0 aromatic heterocycles. The Hall–Kier alpha value is -4.16. The van der Waals surface area contributed by atoms with Crippen LogP contribution >= 0.6 is 0 Å². The maximum absolute atomic E-state index is 12.1. The fraction of sp³-hybridized carbons (Fsp3) is 0.308. The van der Waals surface area contributed by atoms with E-state index in [0.29, 0.717) is 43.2 Å². The van der Waals surface area contributed by atoms with E-state index in [1.807, 2.05) is 12.1 Å². The van der Waals surface area contributed by atoms with Crippen LogP contribution < -0.4 is 15.4 Å². The van der Waals surface area contributed by atoms with Crippen LogP contribution in [0, 0.1) is 11.3 Å². The molecule has 2 fully saturated rings. The second kappa shape index (κ2) is 8.89. The number of nitrogens with two attached hydrogens (primary N) is 1. The van der Waals surface area contributed by atoms with Crippen LogP contribution in [0.3, 0.4) is 0 Å². The van der Waals surface area contributed by atoms with Crippen molar-refractivity contribution in [3.63, 3.8) is 0 Å². The number of amides is 4. The molecule has 3 aliphatic rings. The summed E-state index contributed by atoms with van der Waals surface area (Å²) >= 11 is 0. The molecule has 2 aromatic rings. The van der Waals surface area contributed by atoms with Gasteiger partial charge in [-0.25, -0.2) is 9.69 Å². The van der Waals surface area contributed by atoms with Gasteiger partial charge < -0.3 is 15.4 Å². The van der Waals surface area contributed by atoms with E-state index in [4.69, 9.17) is 15.7 Å². The lowest BCUT2D eigenvalue weighted by Gasteiger charge is -2.49. The molecule has 2 N–H and O–H groups in total. The summed E-state index contributed by atoms with van der Waals surface area (Å²) in [5.74, 6) is -0.0268. The molecule has 0 saturated carbocycles. The van der Waals surface area contributed by atoms with E-state index in [1.165, 1.54) is 12.2 Å². The van der Waals surface area contributed by atoms with Crippen LogP contribution in [-0.4, -0.2) is 59.9 Å². The second-order valence-electron chi connectivity index (χ2n) is 9.01. The van der Waals surface area contributed by atoms with E-state index < -0.39 is 11.6 Å². The highest BCUT2D eigenvalue weighted by molar-refractivity contribution is 6.28. The van der Waals surface area contributed by atoms with Crippen molar-refractivity contribution in [1.82, 2.24) is 9.80 Å². The molecular formula is C26H25N5O4. The number of carbonyl (C=O) groups excluding carboxylic acids is 3. The lowest BCUT2D eigenvalue weighted by molar-refractivity contribution is -0.119. The number of nitrogens with zero attached hydrogens (tertiary/aromatic N) is 4. The standard InChI is InChI=1S/C26H25N5O4/c27-15-18-1-7-22(8-2-18)35-14-13-30-21-11-12-26(30,17-29(16-21)25(28)34)19-3-5-20(6-4-19)31-23(32)9-10-24(31)33/h1-10,21H,11-14,16-17H2,(H2,28,34). The van der Waals surface area contributed by atoms with Gasteiger partial charge in [-0.15, -0.1) is 0 Å². The SMILES string of the molecule is N#Cc1ccc(OCCN2C3CCC2(c2ccc(N4C(=O)C=CC4=O)cc2)CN(C(N)=O)C3)cc1. The van der Waals surface area contributed by atoms with Gasteiger partial charge in [-0.3, -0.25) is 14.5 Å². The van der Waals surface area contributed by atoms with Gasteiger partial charge in [-0.1, -0.05) is 12.1 Å². The van der Waals surface area contributed by atoms with E-state index in [9.17, 15) is 14.4 Å². The summed E-state index contributed by atoms with van der Waals surface area (Å²) in [5, 5.41) is 8.97. The number of benzene rings is 2. The zero-order valence-corrected chi connectivity index (χ0v) is 19.1. The number of ether oxygens (including phenoxy) is 1. The highest BCUT2D eigenvalue weighted by Gasteiger charge is 2.52. The van der Waals surface area contributed by atoms with Crippen molar-refractivity contribution in [3.05, 3.63) is 71.8 Å². The van der Waals surface area contributed by atoms with Crippen LogP contribution in [0.4, 0.5) is 10.5 Å². The molecule has 5 rings (SSSR count). The van der Waals surface area contributed by atoms with Crippen LogP contribution in [0.1, 0.15) is 24.0 Å². The monoisotopic (exact) mass is 471 g/mol. The van der Waals surface area contributed by atoms with Crippen molar-refractivity contribution < 1.29 is 19.1 Å². The zero-order chi connectivity index (χ0) is 24.6. The molecular weight excluding hydrogens is 446 g/mol. The fourth-order valence-corrected chi connectivity index (χ4v) is 5.48. The number of rotatable bonds is 6. The van der Waals surface area contributed by atoms with E-state index >= 15 is 0 Å². The Morgan fingerprint density at radius 3 is 2.40 bits per heavy atom. The first kappa shape index (κ1) is 22.6. The first-order valence-corrected chi connectivity index (χ1v) is 11.5. The number of likely N-dealkylation sites (tertiary alicyclic amines) is 1. The average Bonchev–Trinajstić information content (AvgIpc) is 3.30. The largest absolute Gasteiger partial charge is 0.492 e. The van der Waals surface area contributed by atoms with E-state index in [-0.39, 0.29) is 17.9 Å². The molecule has 178 valence electrons. The number of nitriles is 1. The smallest absolute Gasteiger partial charge is 0.314 e. The van der Waals surface area contributed by atoms with Gasteiger partial charge in [0.15, 0.2) is 0 Å². The number of hydrogen-bond donors (Lipinski definition) is 1. The molecule has 2 aromatic carbocycles. The first-order chi connectivity index (χ1) is 16.9. The number of hydrogen-bond acceptors (Lipinski definition) is 6. The number of urea groups is 1. The quantitative estimate of drug-likeness (QED) is 0.645. The van der Waals surface area contributed by atoms with Crippen LogP contribution in [0.2, 0.25) is 0 Å². The van der Waals surface area contributed by atoms with Crippen molar-refractivity contribution in [1.29, 1.82) is 5.26 Å². The van der Waals surface area contributed by atoms with Gasteiger partial charge in [0.25, 0.3) is 11.8 Å². The molecule has 0 spiro atoms. The minimum Gasteiger partial charge on any atom is -0.492 e. The highest BCUT2D eigenvalue weighted by Crippen LogP contribution is 2.46. The lowest BCUT2D eigenvalue weighted by atomic mass is 9.86. The molecule has 35 heavy (non-hydrogen) atoms. The minimum absolute atomic E-state index is 0.145. The Bertz CT molecular complexity index is 1220. The van der Waals surface area contributed by atoms with Crippen molar-refractivity contribution in [2.75, 3.05) is 31.1 Å². The molecule has 2 saturated heterocycles. The third-order valence-electron chi connectivity index (χ3n) is 7.13. The van der Waals surface area contributed by atoms with Crippen molar-refractivity contribution in [2.45, 2.75) is 24.4 Å². The summed E-state index contributed by atoms with van der Waals surface area (Å²) in [5.41, 5.74) is 7.32. The topological polar surface area (TPSA) is 120 Å². The molecule has 2 unspecified atom stereocenters. The Morgan fingerprint density at radius 1 is 1.09 bits per heavy atom. The predicted octanol–water partition coefficient (Wildman–Crippen LogP) is 2.12. The van der Waals surface area contributed by atoms with Crippen molar-refractivity contribution in [3.8, 4) is 11.8 Å². The van der Waals surface area contributed by atoms with E-state index in [0.717, 1.165) is 23.3 Å². The van der Waals surface area contributed by atoms with Gasteiger partial charge >= 0.3 is 6.03 Å². The Labute approximate surface area is 203 Å². The maximum Gasteiger partial charge on any atom is 0.314 e. The molecule has 2 atom stereocenters. The molecule has 0 aliphatic carbocycles. The number of primary amides is 1. The van der Waals surface area contributed by atoms with Crippen LogP contribution in [0.5, 0.6) is 5.75 Å². The van der Waals surface area contributed by atoms with E-state index in [1.54, 1.807) is 41.3 Å². The van der Waals surface area contributed by atoms with Gasteiger partial charge in [0.2, 0.25) is 0 Å². The van der Waals surface area contributed by atoms with Gasteiger partial charge in [0, 0.05) is 37.8 Å². The summed E-state index contributed by atoms with van der Waals surface area (Å²) in [6.45, 7) is 2.11. The Morgan fingerprint density at radius 2 is 1.77 bits per heavy atom. The second-order valence-corrected chi connectivity index (χ2v) is 9.01. The summed E-state index contributed by atoms with van der Waals surface area (Å²) in [6, 6.07) is 16.2. The first-order valence-electron chi connectivity index (χ1n) is 11.5. The van der Waals surface area contributed by atoms with Gasteiger partial charge in [0.1, 0.15) is 12.4 Å². The fourth-order valence-electron chi connectivity index (χ4n) is 5.48. The van der Waals surface area contributed by atoms with Gasteiger partial charge in [-0.05, 0) is 54.8 Å². The maximum atomic E-state index is 12.1. The minimum atomic E-state index is -0.443. The van der Waals surface area contributed by atoms with Crippen molar-refractivity contribution >= 4 is 23.5 Å². The molecule has 2 bridgehead atoms. The average molecular weight is 472 g/mol. The third-order valence-corrected chi connectivity index (χ3v) is 7.13. The van der Waals surface area contributed by atoms with Crippen molar-refractivity contribution in [2.24, 2.45) is 5.73 Å². The summed E-state index contributed by atoms with van der Waals surface area (Å²) < 4.78 is 5.95. The molecule has 9 heteroatoms. The molecule has 3 aliphatic heterocycles. The Balaban J connectivity index is 1.37. The van der Waals surface area contributed by atoms with Crippen LogP contribution in [-0.2, 0) is 15.1 Å². The summed E-state index contributed by atoms with van der Waals surface area (Å²) in [4.78, 5) is 41.4. The number of anilines is 1. The van der Waals surface area contributed by atoms with Gasteiger partial charge in [0.05, 0.1) is 22.9 Å². The molecule has 9 nitrogen and oxygen atoms in total. The lowest BCUT2D eigenvalue weighted by Crippen LogP contribution is -2.62. The number of carbonyl (C=O) groups is 3. The summed E-state index contributed by atoms with van der Waals surface area (Å²) in [7, 11) is 0. The highest BCUT2D eigenvalue weighted by atomic mass is 16.5. The molecule has 4 amide bonds. The molecule has 0 radical (unpaired) electrons. The predicted molar refractivity (Wildman–Crippen MR) is 127 cm³/mol. The number of piperazine rings is 1. The summed E-state index contributed by atoms with van der Waals surface area (Å²) in [6.07, 6.45) is 4.28.